The van der Waals surface area contributed by atoms with E-state index in [0.717, 1.165) is 0 Å². The van der Waals surface area contributed by atoms with Crippen molar-refractivity contribution in [2.75, 3.05) is 7.11 Å². The fourth-order valence-corrected chi connectivity index (χ4v) is 3.78. The van der Waals surface area contributed by atoms with Crippen LogP contribution in [0.2, 0.25) is 0 Å². The Morgan fingerprint density at radius 2 is 1.43 bits per heavy atom. The summed E-state index contributed by atoms with van der Waals surface area (Å²) in [7, 11) is 1.56. The number of phenolic OH excluding ortho intramolecular Hbond substituents is 2. The van der Waals surface area contributed by atoms with Crippen molar-refractivity contribution in [3.63, 3.8) is 0 Å². The van der Waals surface area contributed by atoms with Gasteiger partial charge < -0.3 is 14.9 Å². The van der Waals surface area contributed by atoms with Gasteiger partial charge in [-0.25, -0.2) is 0 Å². The van der Waals surface area contributed by atoms with E-state index in [-0.39, 0.29) is 34.8 Å². The number of carbonyl (C=O) groups excluding carboxylic acids is 2. The third-order valence-corrected chi connectivity index (χ3v) is 5.16. The molecule has 5 heteroatoms. The molecule has 0 aromatic heterocycles. The molecule has 1 aliphatic rings. The van der Waals surface area contributed by atoms with Gasteiger partial charge in [-0.1, -0.05) is 24.3 Å². The normalized spacial score (nSPS) is 13.0. The number of benzene rings is 3. The third-order valence-electron chi connectivity index (χ3n) is 5.16. The van der Waals surface area contributed by atoms with E-state index in [1.165, 1.54) is 12.1 Å². The second-order valence-electron chi connectivity index (χ2n) is 6.72. The van der Waals surface area contributed by atoms with Crippen LogP contribution in [0.1, 0.15) is 49.7 Å². The minimum Gasteiger partial charge on any atom is -0.507 e. The Labute approximate surface area is 161 Å². The van der Waals surface area contributed by atoms with Crippen molar-refractivity contribution >= 4 is 11.6 Å². The fraction of sp³-hybridized carbons (Fsp3) is 0.130. The van der Waals surface area contributed by atoms with Crippen LogP contribution in [0.3, 0.4) is 0 Å². The lowest BCUT2D eigenvalue weighted by Crippen LogP contribution is -2.22. The zero-order valence-corrected chi connectivity index (χ0v) is 15.2. The zero-order valence-electron chi connectivity index (χ0n) is 15.2. The predicted molar refractivity (Wildman–Crippen MR) is 103 cm³/mol. The number of rotatable bonds is 4. The zero-order chi connectivity index (χ0) is 19.8. The second kappa shape index (κ2) is 6.85. The average molecular weight is 374 g/mol. The smallest absolute Gasteiger partial charge is 0.201 e. The quantitative estimate of drug-likeness (QED) is 0.673. The van der Waals surface area contributed by atoms with Gasteiger partial charge in [-0.15, -0.1) is 0 Å². The van der Waals surface area contributed by atoms with Gasteiger partial charge in [-0.2, -0.15) is 0 Å². The van der Waals surface area contributed by atoms with Crippen molar-refractivity contribution in [3.05, 3.63) is 88.5 Å². The van der Waals surface area contributed by atoms with Gasteiger partial charge in [0.25, 0.3) is 0 Å². The molecule has 0 spiro atoms. The van der Waals surface area contributed by atoms with E-state index >= 15 is 0 Å². The van der Waals surface area contributed by atoms with Gasteiger partial charge >= 0.3 is 0 Å². The van der Waals surface area contributed by atoms with Gasteiger partial charge in [0, 0.05) is 17.9 Å². The van der Waals surface area contributed by atoms with Crippen LogP contribution in [0.4, 0.5) is 0 Å². The molecule has 3 aromatic carbocycles. The molecule has 0 fully saturated rings. The topological polar surface area (TPSA) is 83.8 Å². The Morgan fingerprint density at radius 1 is 0.893 bits per heavy atom. The van der Waals surface area contributed by atoms with Gasteiger partial charge in [0.1, 0.15) is 17.2 Å². The van der Waals surface area contributed by atoms with E-state index in [2.05, 4.69) is 0 Å². The van der Waals surface area contributed by atoms with E-state index in [9.17, 15) is 19.8 Å². The Kier molecular flexibility index (Phi) is 4.35. The largest absolute Gasteiger partial charge is 0.507 e. The summed E-state index contributed by atoms with van der Waals surface area (Å²) in [5.41, 5.74) is 1.99. The maximum Gasteiger partial charge on any atom is 0.201 e. The molecule has 0 heterocycles. The first-order valence-electron chi connectivity index (χ1n) is 8.87. The van der Waals surface area contributed by atoms with Crippen molar-refractivity contribution in [2.45, 2.75) is 12.3 Å². The number of ketones is 2. The molecule has 140 valence electrons. The standard InChI is InChI=1S/C23H18O5/c1-28-14-10-8-13(9-11-14)20(26)12-17-15-4-2-6-18(24)21(15)23(27)22-16(17)5-3-7-19(22)25/h2-11,17,24-25H,12H2,1H3. The monoisotopic (exact) mass is 374 g/mol. The minimum atomic E-state index is -0.448. The van der Waals surface area contributed by atoms with Crippen LogP contribution in [-0.4, -0.2) is 28.9 Å². The highest BCUT2D eigenvalue weighted by atomic mass is 16.5. The fourth-order valence-electron chi connectivity index (χ4n) is 3.78. The highest BCUT2D eigenvalue weighted by Crippen LogP contribution is 2.44. The lowest BCUT2D eigenvalue weighted by atomic mass is 9.74. The van der Waals surface area contributed by atoms with Crippen LogP contribution < -0.4 is 4.74 Å². The average Bonchev–Trinajstić information content (AvgIpc) is 2.70. The van der Waals surface area contributed by atoms with Crippen LogP contribution in [0.5, 0.6) is 17.2 Å². The Bertz CT molecular complexity index is 1030. The molecule has 1 aliphatic carbocycles. The molecular formula is C23H18O5. The first kappa shape index (κ1) is 17.8. The number of ether oxygens (including phenoxy) is 1. The van der Waals surface area contributed by atoms with E-state index in [4.69, 9.17) is 4.74 Å². The molecule has 2 N–H and O–H groups in total. The molecule has 0 bridgehead atoms. The summed E-state index contributed by atoms with van der Waals surface area (Å²) < 4.78 is 5.13. The highest BCUT2D eigenvalue weighted by Gasteiger charge is 2.35. The van der Waals surface area contributed by atoms with Crippen molar-refractivity contribution in [3.8, 4) is 17.2 Å². The van der Waals surface area contributed by atoms with Crippen LogP contribution in [0.25, 0.3) is 0 Å². The highest BCUT2D eigenvalue weighted by molar-refractivity contribution is 6.16. The summed E-state index contributed by atoms with van der Waals surface area (Å²) in [6.45, 7) is 0. The maximum atomic E-state index is 12.9. The van der Waals surface area contributed by atoms with Crippen LogP contribution >= 0.6 is 0 Å². The number of hydrogen-bond acceptors (Lipinski definition) is 5. The third kappa shape index (κ3) is 2.81. The summed E-state index contributed by atoms with van der Waals surface area (Å²) in [5, 5.41) is 20.5. The number of methoxy groups -OCH3 is 1. The maximum absolute atomic E-state index is 12.9. The van der Waals surface area contributed by atoms with Crippen LogP contribution in [-0.2, 0) is 0 Å². The summed E-state index contributed by atoms with van der Waals surface area (Å²) in [4.78, 5) is 25.8. The van der Waals surface area contributed by atoms with Crippen molar-refractivity contribution in [2.24, 2.45) is 0 Å². The molecule has 0 saturated carbocycles. The van der Waals surface area contributed by atoms with Crippen LogP contribution in [0.15, 0.2) is 60.7 Å². The predicted octanol–water partition coefficient (Wildman–Crippen LogP) is 4.06. The molecule has 3 aromatic rings. The molecule has 0 radical (unpaired) electrons. The number of hydrogen-bond donors (Lipinski definition) is 2. The Balaban J connectivity index is 1.79. The molecule has 0 amide bonds. The summed E-state index contributed by atoms with van der Waals surface area (Å²) in [6, 6.07) is 16.5. The van der Waals surface area contributed by atoms with E-state index in [1.54, 1.807) is 55.6 Å². The summed E-state index contributed by atoms with van der Waals surface area (Å²) in [6.07, 6.45) is 0.104. The number of aromatic hydroxyl groups is 2. The molecule has 0 atom stereocenters. The second-order valence-corrected chi connectivity index (χ2v) is 6.72. The van der Waals surface area contributed by atoms with Gasteiger partial charge in [0.2, 0.25) is 5.78 Å². The number of Topliss-reactive ketones (excluding diaryl/α,β-unsaturated/α-hetero) is 1. The van der Waals surface area contributed by atoms with E-state index in [0.29, 0.717) is 22.4 Å². The lowest BCUT2D eigenvalue weighted by molar-refractivity contribution is 0.0967. The molecule has 28 heavy (non-hydrogen) atoms. The molecular weight excluding hydrogens is 356 g/mol. The van der Waals surface area contributed by atoms with Crippen molar-refractivity contribution in [1.82, 2.24) is 0 Å². The molecule has 0 aliphatic heterocycles. The van der Waals surface area contributed by atoms with Crippen molar-refractivity contribution in [1.29, 1.82) is 0 Å². The first-order chi connectivity index (χ1) is 13.5. The van der Waals surface area contributed by atoms with E-state index in [1.807, 2.05) is 0 Å². The lowest BCUT2D eigenvalue weighted by Gasteiger charge is -2.28. The van der Waals surface area contributed by atoms with Crippen molar-refractivity contribution < 1.29 is 24.5 Å². The molecule has 5 nitrogen and oxygen atoms in total. The number of carbonyl (C=O) groups is 2. The Hall–Kier alpha value is -3.60. The summed E-state index contributed by atoms with van der Waals surface area (Å²) in [5.74, 6) is -0.640. The molecule has 0 unspecified atom stereocenters. The van der Waals surface area contributed by atoms with E-state index < -0.39 is 11.7 Å². The number of fused-ring (bicyclic) bond motifs is 2. The first-order valence-corrected chi connectivity index (χ1v) is 8.87. The van der Waals surface area contributed by atoms with Gasteiger partial charge in [0.15, 0.2) is 5.78 Å². The van der Waals surface area contributed by atoms with Gasteiger partial charge in [-0.3, -0.25) is 9.59 Å². The van der Waals surface area contributed by atoms with Gasteiger partial charge in [0.05, 0.1) is 18.2 Å². The SMILES string of the molecule is COc1ccc(C(=O)CC2c3cccc(O)c3C(=O)c3c(O)cccc32)cc1. The van der Waals surface area contributed by atoms with Crippen LogP contribution in [0, 0.1) is 0 Å². The molecule has 0 saturated heterocycles. The minimum absolute atomic E-state index is 0.104. The molecule has 4 rings (SSSR count). The van der Waals surface area contributed by atoms with Gasteiger partial charge in [-0.05, 0) is 47.5 Å². The number of phenols is 2. The Morgan fingerprint density at radius 3 is 1.93 bits per heavy atom. The summed E-state index contributed by atoms with van der Waals surface area (Å²) >= 11 is 0.